The number of aromatic nitrogens is 4. The Hall–Kier alpha value is -1.96. The van der Waals surface area contributed by atoms with Crippen LogP contribution in [0.3, 0.4) is 0 Å². The minimum absolute atomic E-state index is 0.267. The van der Waals surface area contributed by atoms with Gasteiger partial charge in [0.25, 0.3) is 5.91 Å². The molecule has 1 atom stereocenters. The first kappa shape index (κ1) is 16.9. The summed E-state index contributed by atoms with van der Waals surface area (Å²) < 4.78 is 2.94. The monoisotopic (exact) mass is 392 g/mol. The van der Waals surface area contributed by atoms with E-state index in [1.807, 2.05) is 6.07 Å². The third-order valence-electron chi connectivity index (χ3n) is 4.35. The van der Waals surface area contributed by atoms with E-state index in [2.05, 4.69) is 54.4 Å². The maximum absolute atomic E-state index is 11.7. The molecule has 2 aromatic rings. The number of carbonyl (C=O) groups excluding carboxylic acids is 1. The number of nitrogens with two attached hydrogens (primary N) is 1. The lowest BCUT2D eigenvalue weighted by atomic mass is 9.96. The fraction of sp³-hybridized carbons (Fsp3) is 0.500. The van der Waals surface area contributed by atoms with Gasteiger partial charge in [-0.3, -0.25) is 4.79 Å². The molecule has 7 nitrogen and oxygen atoms in total. The molecule has 1 aliphatic heterocycles. The van der Waals surface area contributed by atoms with Crippen LogP contribution in [0.1, 0.15) is 55.0 Å². The van der Waals surface area contributed by atoms with E-state index in [0.717, 1.165) is 41.9 Å². The third kappa shape index (κ3) is 3.28. The van der Waals surface area contributed by atoms with Gasteiger partial charge in [-0.15, -0.1) is 10.2 Å². The van der Waals surface area contributed by atoms with Crippen LogP contribution in [0, 0.1) is 0 Å². The molecule has 8 heteroatoms. The number of anilines is 1. The zero-order valence-electron chi connectivity index (χ0n) is 13.8. The van der Waals surface area contributed by atoms with Gasteiger partial charge in [0, 0.05) is 35.7 Å². The highest BCUT2D eigenvalue weighted by molar-refractivity contribution is 9.10. The number of rotatable bonds is 4. The van der Waals surface area contributed by atoms with Gasteiger partial charge >= 0.3 is 0 Å². The quantitative estimate of drug-likeness (QED) is 0.862. The minimum atomic E-state index is -0.509. The molecule has 2 aromatic heterocycles. The topological polar surface area (TPSA) is 89.9 Å². The molecule has 1 fully saturated rings. The van der Waals surface area contributed by atoms with Crippen LogP contribution in [0.15, 0.2) is 23.1 Å². The first-order chi connectivity index (χ1) is 11.5. The van der Waals surface area contributed by atoms with Crippen LogP contribution in [0.5, 0.6) is 0 Å². The number of carbonyl (C=O) groups is 1. The fourth-order valence-corrected chi connectivity index (χ4v) is 3.53. The predicted molar refractivity (Wildman–Crippen MR) is 95.0 cm³/mol. The predicted octanol–water partition coefficient (Wildman–Crippen LogP) is 2.50. The van der Waals surface area contributed by atoms with Gasteiger partial charge in [-0.25, -0.2) is 4.98 Å². The van der Waals surface area contributed by atoms with Crippen molar-refractivity contribution in [2.75, 3.05) is 18.0 Å². The second-order valence-electron chi connectivity index (χ2n) is 6.36. The molecule has 3 heterocycles. The van der Waals surface area contributed by atoms with E-state index in [1.54, 1.807) is 12.5 Å². The van der Waals surface area contributed by atoms with Crippen molar-refractivity contribution in [1.29, 1.82) is 0 Å². The van der Waals surface area contributed by atoms with E-state index in [1.165, 1.54) is 0 Å². The Balaban J connectivity index is 1.90. The number of piperidine rings is 1. The summed E-state index contributed by atoms with van der Waals surface area (Å²) in [4.78, 5) is 18.1. The van der Waals surface area contributed by atoms with Crippen molar-refractivity contribution in [2.45, 2.75) is 38.6 Å². The molecule has 1 saturated heterocycles. The molecule has 1 amide bonds. The zero-order chi connectivity index (χ0) is 17.3. The molecule has 24 heavy (non-hydrogen) atoms. The zero-order valence-corrected chi connectivity index (χ0v) is 15.4. The third-order valence-corrected chi connectivity index (χ3v) is 4.79. The Bertz CT molecular complexity index is 744. The number of pyridine rings is 1. The van der Waals surface area contributed by atoms with Crippen molar-refractivity contribution < 1.29 is 4.79 Å². The molecular weight excluding hydrogens is 372 g/mol. The van der Waals surface area contributed by atoms with Crippen LogP contribution >= 0.6 is 15.9 Å². The van der Waals surface area contributed by atoms with Gasteiger partial charge in [0.15, 0.2) is 5.69 Å². The van der Waals surface area contributed by atoms with Gasteiger partial charge in [-0.2, -0.15) is 0 Å². The number of hydrogen-bond donors (Lipinski definition) is 1. The SMILES string of the molecule is CC(C)n1cnnc1[C@@H]1CCCN(c2cc(Br)cnc2C(N)=O)C1. The normalized spacial score (nSPS) is 18.2. The lowest BCUT2D eigenvalue weighted by Crippen LogP contribution is -2.37. The molecule has 1 aliphatic rings. The van der Waals surface area contributed by atoms with Gasteiger partial charge in [-0.1, -0.05) is 0 Å². The van der Waals surface area contributed by atoms with E-state index in [-0.39, 0.29) is 5.92 Å². The molecule has 128 valence electrons. The number of amides is 1. The summed E-state index contributed by atoms with van der Waals surface area (Å²) in [6, 6.07) is 2.22. The van der Waals surface area contributed by atoms with E-state index < -0.39 is 5.91 Å². The smallest absolute Gasteiger partial charge is 0.269 e. The van der Waals surface area contributed by atoms with Crippen LogP contribution < -0.4 is 10.6 Å². The van der Waals surface area contributed by atoms with Crippen molar-refractivity contribution in [3.05, 3.63) is 34.6 Å². The number of nitrogens with zero attached hydrogens (tertiary/aromatic N) is 5. The van der Waals surface area contributed by atoms with Crippen LogP contribution in [-0.4, -0.2) is 38.7 Å². The van der Waals surface area contributed by atoms with Gasteiger partial charge in [0.1, 0.15) is 12.2 Å². The molecule has 0 saturated carbocycles. The maximum Gasteiger partial charge on any atom is 0.269 e. The summed E-state index contributed by atoms with van der Waals surface area (Å²) >= 11 is 3.43. The summed E-state index contributed by atoms with van der Waals surface area (Å²) in [7, 11) is 0. The molecule has 3 rings (SSSR count). The Morgan fingerprint density at radius 2 is 2.25 bits per heavy atom. The summed E-state index contributed by atoms with van der Waals surface area (Å²) in [5.74, 6) is 0.756. The van der Waals surface area contributed by atoms with Gasteiger partial charge < -0.3 is 15.2 Å². The Kier molecular flexibility index (Phi) is 4.84. The molecular formula is C16H21BrN6O. The van der Waals surface area contributed by atoms with Gasteiger partial charge in [0.05, 0.1) is 5.69 Å². The maximum atomic E-state index is 11.7. The summed E-state index contributed by atoms with van der Waals surface area (Å²) in [5.41, 5.74) is 6.58. The molecule has 0 unspecified atom stereocenters. The molecule has 0 spiro atoms. The molecule has 0 radical (unpaired) electrons. The average molecular weight is 393 g/mol. The number of halogens is 1. The summed E-state index contributed by atoms with van der Waals surface area (Å²) in [6.07, 6.45) is 5.45. The van der Waals surface area contributed by atoms with Crippen LogP contribution in [0.25, 0.3) is 0 Å². The van der Waals surface area contributed by atoms with E-state index in [0.29, 0.717) is 11.7 Å². The second-order valence-corrected chi connectivity index (χ2v) is 7.28. The molecule has 0 aromatic carbocycles. The van der Waals surface area contributed by atoms with Crippen molar-refractivity contribution in [3.63, 3.8) is 0 Å². The van der Waals surface area contributed by atoms with Crippen LogP contribution in [0.2, 0.25) is 0 Å². The van der Waals surface area contributed by atoms with Crippen LogP contribution in [0.4, 0.5) is 5.69 Å². The van der Waals surface area contributed by atoms with Crippen molar-refractivity contribution in [2.24, 2.45) is 5.73 Å². The van der Waals surface area contributed by atoms with E-state index in [9.17, 15) is 4.79 Å². The molecule has 2 N–H and O–H groups in total. The van der Waals surface area contributed by atoms with Crippen molar-refractivity contribution in [1.82, 2.24) is 19.7 Å². The summed E-state index contributed by atoms with van der Waals surface area (Å²) in [5, 5.41) is 8.41. The van der Waals surface area contributed by atoms with Gasteiger partial charge in [0.2, 0.25) is 0 Å². The minimum Gasteiger partial charge on any atom is -0.369 e. The lowest BCUT2D eigenvalue weighted by Gasteiger charge is -2.35. The first-order valence-electron chi connectivity index (χ1n) is 8.07. The Morgan fingerprint density at radius 1 is 1.46 bits per heavy atom. The van der Waals surface area contributed by atoms with E-state index in [4.69, 9.17) is 5.73 Å². The van der Waals surface area contributed by atoms with E-state index >= 15 is 0 Å². The number of hydrogen-bond acceptors (Lipinski definition) is 5. The average Bonchev–Trinajstić information content (AvgIpc) is 3.04. The molecule has 0 aliphatic carbocycles. The fourth-order valence-electron chi connectivity index (χ4n) is 3.21. The highest BCUT2D eigenvalue weighted by atomic mass is 79.9. The highest BCUT2D eigenvalue weighted by Gasteiger charge is 2.28. The number of primary amides is 1. The molecule has 0 bridgehead atoms. The standard InChI is InChI=1S/C16H21BrN6O/c1-10(2)23-9-20-21-16(23)11-4-3-5-22(8-11)13-6-12(17)7-19-14(13)15(18)24/h6-7,9-11H,3-5,8H2,1-2H3,(H2,18,24)/t11-/m1/s1. The van der Waals surface area contributed by atoms with Crippen molar-refractivity contribution >= 4 is 27.5 Å². The second kappa shape index (κ2) is 6.88. The van der Waals surface area contributed by atoms with Crippen molar-refractivity contribution in [3.8, 4) is 0 Å². The first-order valence-corrected chi connectivity index (χ1v) is 8.86. The van der Waals surface area contributed by atoms with Gasteiger partial charge in [-0.05, 0) is 48.7 Å². The Morgan fingerprint density at radius 3 is 2.96 bits per heavy atom. The Labute approximate surface area is 149 Å². The largest absolute Gasteiger partial charge is 0.369 e. The summed E-state index contributed by atoms with van der Waals surface area (Å²) in [6.45, 7) is 5.88. The lowest BCUT2D eigenvalue weighted by molar-refractivity contribution is 0.0996. The highest BCUT2D eigenvalue weighted by Crippen LogP contribution is 2.32. The van der Waals surface area contributed by atoms with Crippen LogP contribution in [-0.2, 0) is 0 Å².